The highest BCUT2D eigenvalue weighted by Crippen LogP contribution is 2.22. The molecule has 0 fully saturated rings. The Morgan fingerprint density at radius 1 is 1.08 bits per heavy atom. The second-order valence-corrected chi connectivity index (χ2v) is 7.88. The molecule has 0 saturated heterocycles. The maximum Gasteiger partial charge on any atom is 0.232 e. The summed E-state index contributed by atoms with van der Waals surface area (Å²) in [4.78, 5) is 12.2. The minimum absolute atomic E-state index is 0.0803. The van der Waals surface area contributed by atoms with Crippen LogP contribution in [0.1, 0.15) is 24.5 Å². The molecule has 5 nitrogen and oxygen atoms in total. The minimum Gasteiger partial charge on any atom is -0.326 e. The van der Waals surface area contributed by atoms with Gasteiger partial charge in [0.25, 0.3) is 0 Å². The van der Waals surface area contributed by atoms with E-state index in [1.54, 1.807) is 12.1 Å². The van der Waals surface area contributed by atoms with E-state index in [1.165, 1.54) is 9.87 Å². The summed E-state index contributed by atoms with van der Waals surface area (Å²) in [6.07, 6.45) is 2.17. The van der Waals surface area contributed by atoms with Crippen molar-refractivity contribution in [2.45, 2.75) is 26.7 Å². The fraction of sp³-hybridized carbons (Fsp3) is 0.316. The largest absolute Gasteiger partial charge is 0.326 e. The van der Waals surface area contributed by atoms with Gasteiger partial charge < -0.3 is 5.32 Å². The Hall–Kier alpha value is -2.34. The Labute approximate surface area is 149 Å². The lowest BCUT2D eigenvalue weighted by atomic mass is 10.1. The van der Waals surface area contributed by atoms with Crippen molar-refractivity contribution in [2.75, 3.05) is 22.4 Å². The predicted octanol–water partition coefficient (Wildman–Crippen LogP) is 3.35. The lowest BCUT2D eigenvalue weighted by molar-refractivity contribution is -0.116. The average molecular weight is 360 g/mol. The maximum absolute atomic E-state index is 12.2. The first-order valence-corrected chi connectivity index (χ1v) is 10.1. The molecule has 2 rings (SSSR count). The van der Waals surface area contributed by atoms with Crippen LogP contribution in [0.5, 0.6) is 0 Å². The van der Waals surface area contributed by atoms with Crippen molar-refractivity contribution in [3.05, 3.63) is 59.7 Å². The average Bonchev–Trinajstić information content (AvgIpc) is 2.56. The summed E-state index contributed by atoms with van der Waals surface area (Å²) in [5.41, 5.74) is 3.36. The van der Waals surface area contributed by atoms with E-state index < -0.39 is 10.0 Å². The van der Waals surface area contributed by atoms with Gasteiger partial charge in [0, 0.05) is 18.7 Å². The molecule has 0 aliphatic heterocycles. The number of hydrogen-bond acceptors (Lipinski definition) is 3. The first-order valence-electron chi connectivity index (χ1n) is 8.23. The van der Waals surface area contributed by atoms with Crippen LogP contribution in [0, 0.1) is 6.92 Å². The molecule has 0 spiro atoms. The van der Waals surface area contributed by atoms with E-state index in [4.69, 9.17) is 0 Å². The molecular formula is C19H24N2O3S. The van der Waals surface area contributed by atoms with Gasteiger partial charge in [-0.3, -0.25) is 9.10 Å². The molecule has 0 aliphatic rings. The summed E-state index contributed by atoms with van der Waals surface area (Å²) in [7, 11) is -3.46. The van der Waals surface area contributed by atoms with Crippen LogP contribution in [0.3, 0.4) is 0 Å². The second kappa shape index (κ2) is 8.16. The van der Waals surface area contributed by atoms with Crippen molar-refractivity contribution >= 4 is 27.3 Å². The smallest absolute Gasteiger partial charge is 0.232 e. The number of amides is 1. The van der Waals surface area contributed by atoms with Gasteiger partial charge in [-0.15, -0.1) is 0 Å². The number of anilines is 2. The van der Waals surface area contributed by atoms with E-state index in [1.807, 2.05) is 43.3 Å². The standard InChI is InChI=1S/C19H24N2O3S/c1-4-16-9-11-17(12-10-16)20-19(22)13-14-21(25(3,23)24)18-8-6-5-7-15(18)2/h5-12H,4,13-14H2,1-3H3,(H,20,22). The number of nitrogens with zero attached hydrogens (tertiary/aromatic N) is 1. The van der Waals surface area contributed by atoms with E-state index in [0.717, 1.165) is 18.2 Å². The van der Waals surface area contributed by atoms with E-state index >= 15 is 0 Å². The summed E-state index contributed by atoms with van der Waals surface area (Å²) < 4.78 is 25.5. The Morgan fingerprint density at radius 3 is 2.28 bits per heavy atom. The molecule has 0 atom stereocenters. The number of hydrogen-bond donors (Lipinski definition) is 1. The van der Waals surface area contributed by atoms with E-state index in [-0.39, 0.29) is 18.9 Å². The van der Waals surface area contributed by atoms with Crippen molar-refractivity contribution in [3.63, 3.8) is 0 Å². The first kappa shape index (κ1) is 19.0. The molecule has 1 amide bonds. The quantitative estimate of drug-likeness (QED) is 0.823. The van der Waals surface area contributed by atoms with Gasteiger partial charge in [0.05, 0.1) is 11.9 Å². The molecule has 2 aromatic carbocycles. The van der Waals surface area contributed by atoms with Gasteiger partial charge in [0.2, 0.25) is 15.9 Å². The molecule has 0 saturated carbocycles. The van der Waals surface area contributed by atoms with Crippen LogP contribution in [-0.4, -0.2) is 27.1 Å². The van der Waals surface area contributed by atoms with Gasteiger partial charge in [-0.25, -0.2) is 8.42 Å². The number of benzene rings is 2. The summed E-state index contributed by atoms with van der Waals surface area (Å²) in [6.45, 7) is 4.02. The molecule has 0 radical (unpaired) electrons. The van der Waals surface area contributed by atoms with Crippen molar-refractivity contribution in [3.8, 4) is 0 Å². The third-order valence-electron chi connectivity index (χ3n) is 3.97. The summed E-state index contributed by atoms with van der Waals surface area (Å²) in [5.74, 6) is -0.216. The fourth-order valence-electron chi connectivity index (χ4n) is 2.56. The Kier molecular flexibility index (Phi) is 6.20. The number of nitrogens with one attached hydrogen (secondary N) is 1. The van der Waals surface area contributed by atoms with Crippen LogP contribution < -0.4 is 9.62 Å². The van der Waals surface area contributed by atoms with Crippen LogP contribution in [-0.2, 0) is 21.2 Å². The molecule has 0 heterocycles. The van der Waals surface area contributed by atoms with Crippen LogP contribution in [0.15, 0.2) is 48.5 Å². The highest BCUT2D eigenvalue weighted by Gasteiger charge is 2.20. The van der Waals surface area contributed by atoms with Gasteiger partial charge in [0.15, 0.2) is 0 Å². The maximum atomic E-state index is 12.2. The highest BCUT2D eigenvalue weighted by molar-refractivity contribution is 7.92. The van der Waals surface area contributed by atoms with Crippen LogP contribution in [0.25, 0.3) is 0 Å². The second-order valence-electron chi connectivity index (χ2n) is 5.97. The summed E-state index contributed by atoms with van der Waals surface area (Å²) in [5, 5.41) is 2.81. The lowest BCUT2D eigenvalue weighted by Crippen LogP contribution is -2.33. The normalized spacial score (nSPS) is 11.2. The number of carbonyl (C=O) groups excluding carboxylic acids is 1. The third-order valence-corrected chi connectivity index (χ3v) is 5.15. The molecule has 25 heavy (non-hydrogen) atoms. The molecule has 0 bridgehead atoms. The van der Waals surface area contributed by atoms with Crippen molar-refractivity contribution in [1.29, 1.82) is 0 Å². The highest BCUT2D eigenvalue weighted by atomic mass is 32.2. The number of aryl methyl sites for hydroxylation is 2. The summed E-state index contributed by atoms with van der Waals surface area (Å²) in [6, 6.07) is 14.9. The van der Waals surface area contributed by atoms with Crippen molar-refractivity contribution < 1.29 is 13.2 Å². The molecule has 2 aromatic rings. The number of rotatable bonds is 7. The zero-order valence-electron chi connectivity index (χ0n) is 14.8. The molecule has 0 aromatic heterocycles. The van der Waals surface area contributed by atoms with Gasteiger partial charge in [-0.2, -0.15) is 0 Å². The minimum atomic E-state index is -3.46. The summed E-state index contributed by atoms with van der Waals surface area (Å²) >= 11 is 0. The fourth-order valence-corrected chi connectivity index (χ4v) is 3.54. The molecule has 134 valence electrons. The Bertz CT molecular complexity index is 830. The predicted molar refractivity (Wildman–Crippen MR) is 102 cm³/mol. The first-order chi connectivity index (χ1) is 11.8. The van der Waals surface area contributed by atoms with Crippen LogP contribution in [0.4, 0.5) is 11.4 Å². The topological polar surface area (TPSA) is 66.5 Å². The SMILES string of the molecule is CCc1ccc(NC(=O)CCN(c2ccccc2C)S(C)(=O)=O)cc1. The molecule has 6 heteroatoms. The number of para-hydroxylation sites is 1. The van der Waals surface area contributed by atoms with E-state index in [2.05, 4.69) is 12.2 Å². The van der Waals surface area contributed by atoms with Gasteiger partial charge in [-0.05, 0) is 42.7 Å². The zero-order valence-corrected chi connectivity index (χ0v) is 15.6. The van der Waals surface area contributed by atoms with E-state index in [9.17, 15) is 13.2 Å². The van der Waals surface area contributed by atoms with Crippen molar-refractivity contribution in [2.24, 2.45) is 0 Å². The molecule has 0 aliphatic carbocycles. The Balaban J connectivity index is 2.05. The van der Waals surface area contributed by atoms with Crippen molar-refractivity contribution in [1.82, 2.24) is 0 Å². The molecule has 0 unspecified atom stereocenters. The van der Waals surface area contributed by atoms with Gasteiger partial charge in [0.1, 0.15) is 0 Å². The lowest BCUT2D eigenvalue weighted by Gasteiger charge is -2.23. The number of carbonyl (C=O) groups is 1. The Morgan fingerprint density at radius 2 is 1.72 bits per heavy atom. The molecular weight excluding hydrogens is 336 g/mol. The third kappa shape index (κ3) is 5.32. The van der Waals surface area contributed by atoms with Crippen LogP contribution >= 0.6 is 0 Å². The zero-order chi connectivity index (χ0) is 18.4. The van der Waals surface area contributed by atoms with E-state index in [0.29, 0.717) is 11.4 Å². The van der Waals surface area contributed by atoms with Gasteiger partial charge in [-0.1, -0.05) is 37.3 Å². The van der Waals surface area contributed by atoms with Crippen LogP contribution in [0.2, 0.25) is 0 Å². The number of sulfonamides is 1. The van der Waals surface area contributed by atoms with Gasteiger partial charge >= 0.3 is 0 Å². The monoisotopic (exact) mass is 360 g/mol. The molecule has 1 N–H and O–H groups in total.